The molecule has 0 aromatic heterocycles. The molecular formula is C17H17N3O3. The van der Waals surface area contributed by atoms with Crippen LogP contribution in [-0.4, -0.2) is 32.1 Å². The number of nitrogens with one attached hydrogen (secondary N) is 2. The SMILES string of the molecule is COc1cccc(C(=O)Nc2cccc(N3CCNC3=O)c2)c1. The smallest absolute Gasteiger partial charge is 0.321 e. The molecule has 0 atom stereocenters. The van der Waals surface area contributed by atoms with Gasteiger partial charge in [0.05, 0.1) is 7.11 Å². The second-order valence-electron chi connectivity index (χ2n) is 5.12. The Bertz CT molecular complexity index is 745. The average molecular weight is 311 g/mol. The maximum atomic E-state index is 12.3. The van der Waals surface area contributed by atoms with Crippen LogP contribution < -0.4 is 20.3 Å². The van der Waals surface area contributed by atoms with Crippen molar-refractivity contribution < 1.29 is 14.3 Å². The van der Waals surface area contributed by atoms with E-state index in [9.17, 15) is 9.59 Å². The molecule has 0 unspecified atom stereocenters. The van der Waals surface area contributed by atoms with Gasteiger partial charge < -0.3 is 15.4 Å². The van der Waals surface area contributed by atoms with Gasteiger partial charge in [-0.25, -0.2) is 4.79 Å². The van der Waals surface area contributed by atoms with Crippen molar-refractivity contribution in [1.29, 1.82) is 0 Å². The fraction of sp³-hybridized carbons (Fsp3) is 0.176. The average Bonchev–Trinajstić information content (AvgIpc) is 3.01. The molecule has 3 rings (SSSR count). The van der Waals surface area contributed by atoms with Crippen LogP contribution in [0.3, 0.4) is 0 Å². The van der Waals surface area contributed by atoms with Crippen LogP contribution in [0.15, 0.2) is 48.5 Å². The summed E-state index contributed by atoms with van der Waals surface area (Å²) in [4.78, 5) is 25.7. The Kier molecular flexibility index (Phi) is 4.14. The highest BCUT2D eigenvalue weighted by molar-refractivity contribution is 6.05. The molecule has 2 N–H and O–H groups in total. The van der Waals surface area contributed by atoms with Gasteiger partial charge >= 0.3 is 6.03 Å². The molecule has 2 aromatic rings. The number of benzene rings is 2. The molecule has 0 spiro atoms. The van der Waals surface area contributed by atoms with Gasteiger partial charge in [-0.3, -0.25) is 9.69 Å². The van der Waals surface area contributed by atoms with Crippen LogP contribution in [-0.2, 0) is 0 Å². The van der Waals surface area contributed by atoms with E-state index in [0.717, 1.165) is 5.69 Å². The van der Waals surface area contributed by atoms with Gasteiger partial charge in [-0.15, -0.1) is 0 Å². The van der Waals surface area contributed by atoms with Crippen LogP contribution in [0.5, 0.6) is 5.75 Å². The topological polar surface area (TPSA) is 70.7 Å². The second-order valence-corrected chi connectivity index (χ2v) is 5.12. The van der Waals surface area contributed by atoms with Crippen LogP contribution in [0.4, 0.5) is 16.2 Å². The number of urea groups is 1. The van der Waals surface area contributed by atoms with E-state index >= 15 is 0 Å². The number of hydrogen-bond donors (Lipinski definition) is 2. The van der Waals surface area contributed by atoms with Gasteiger partial charge in [0.25, 0.3) is 5.91 Å². The molecule has 23 heavy (non-hydrogen) atoms. The molecule has 1 fully saturated rings. The van der Waals surface area contributed by atoms with E-state index in [2.05, 4.69) is 10.6 Å². The van der Waals surface area contributed by atoms with E-state index in [1.807, 2.05) is 12.1 Å². The molecule has 6 nitrogen and oxygen atoms in total. The molecule has 1 aliphatic rings. The van der Waals surface area contributed by atoms with Crippen molar-refractivity contribution in [3.05, 3.63) is 54.1 Å². The van der Waals surface area contributed by atoms with Crippen molar-refractivity contribution in [2.75, 3.05) is 30.4 Å². The first-order valence-corrected chi connectivity index (χ1v) is 7.28. The Balaban J connectivity index is 1.77. The number of carbonyl (C=O) groups is 2. The molecule has 0 saturated carbocycles. The summed E-state index contributed by atoms with van der Waals surface area (Å²) in [6, 6.07) is 14.0. The third-order valence-corrected chi connectivity index (χ3v) is 3.60. The Morgan fingerprint density at radius 2 is 2.04 bits per heavy atom. The zero-order valence-electron chi connectivity index (χ0n) is 12.7. The summed E-state index contributed by atoms with van der Waals surface area (Å²) in [5, 5.41) is 5.59. The lowest BCUT2D eigenvalue weighted by Crippen LogP contribution is -2.27. The van der Waals surface area contributed by atoms with E-state index < -0.39 is 0 Å². The minimum absolute atomic E-state index is 0.124. The number of amides is 3. The quantitative estimate of drug-likeness (QED) is 0.911. The standard InChI is InChI=1S/C17H17N3O3/c1-23-15-7-2-4-12(10-15)16(21)19-13-5-3-6-14(11-13)20-9-8-18-17(20)22/h2-7,10-11H,8-9H2,1H3,(H,18,22)(H,19,21). The number of nitrogens with zero attached hydrogens (tertiary/aromatic N) is 1. The molecule has 2 aromatic carbocycles. The van der Waals surface area contributed by atoms with Crippen LogP contribution in [0, 0.1) is 0 Å². The lowest BCUT2D eigenvalue weighted by atomic mass is 10.2. The summed E-state index contributed by atoms with van der Waals surface area (Å²) in [6.45, 7) is 1.24. The summed E-state index contributed by atoms with van der Waals surface area (Å²) in [6.07, 6.45) is 0. The van der Waals surface area contributed by atoms with E-state index in [4.69, 9.17) is 4.74 Å². The molecule has 1 saturated heterocycles. The molecular weight excluding hydrogens is 294 g/mol. The number of rotatable bonds is 4. The summed E-state index contributed by atoms with van der Waals surface area (Å²) in [5.74, 6) is 0.395. The third-order valence-electron chi connectivity index (χ3n) is 3.60. The third kappa shape index (κ3) is 3.26. The zero-order valence-corrected chi connectivity index (χ0v) is 12.7. The number of ether oxygens (including phenoxy) is 1. The predicted molar refractivity (Wildman–Crippen MR) is 88.1 cm³/mol. The molecule has 6 heteroatoms. The summed E-state index contributed by atoms with van der Waals surface area (Å²) < 4.78 is 5.12. The first kappa shape index (κ1) is 14.9. The lowest BCUT2D eigenvalue weighted by Gasteiger charge is -2.15. The van der Waals surface area contributed by atoms with Crippen molar-refractivity contribution in [3.63, 3.8) is 0 Å². The normalized spacial score (nSPS) is 13.6. The Hall–Kier alpha value is -3.02. The van der Waals surface area contributed by atoms with Gasteiger partial charge in [-0.2, -0.15) is 0 Å². The van der Waals surface area contributed by atoms with E-state index in [-0.39, 0.29) is 11.9 Å². The number of hydrogen-bond acceptors (Lipinski definition) is 3. The minimum Gasteiger partial charge on any atom is -0.497 e. The fourth-order valence-corrected chi connectivity index (χ4v) is 2.44. The second kappa shape index (κ2) is 6.39. The maximum absolute atomic E-state index is 12.3. The largest absolute Gasteiger partial charge is 0.497 e. The molecule has 0 aliphatic carbocycles. The molecule has 1 heterocycles. The fourth-order valence-electron chi connectivity index (χ4n) is 2.44. The molecule has 0 radical (unpaired) electrons. The highest BCUT2D eigenvalue weighted by atomic mass is 16.5. The van der Waals surface area contributed by atoms with Crippen molar-refractivity contribution >= 4 is 23.3 Å². The van der Waals surface area contributed by atoms with Gasteiger partial charge in [0, 0.05) is 30.0 Å². The lowest BCUT2D eigenvalue weighted by molar-refractivity contribution is 0.102. The van der Waals surface area contributed by atoms with E-state index in [0.29, 0.717) is 30.1 Å². The monoisotopic (exact) mass is 311 g/mol. The summed E-state index contributed by atoms with van der Waals surface area (Å²) in [7, 11) is 1.56. The Labute approximate surface area is 134 Å². The number of anilines is 2. The minimum atomic E-state index is -0.230. The number of carbonyl (C=O) groups excluding carboxylic acids is 2. The van der Waals surface area contributed by atoms with Crippen LogP contribution in [0.25, 0.3) is 0 Å². The van der Waals surface area contributed by atoms with E-state index in [1.54, 1.807) is 48.4 Å². The molecule has 3 amide bonds. The van der Waals surface area contributed by atoms with Gasteiger partial charge in [-0.05, 0) is 36.4 Å². The van der Waals surface area contributed by atoms with Crippen LogP contribution in [0.2, 0.25) is 0 Å². The van der Waals surface area contributed by atoms with Crippen molar-refractivity contribution in [3.8, 4) is 5.75 Å². The van der Waals surface area contributed by atoms with Gasteiger partial charge in [0.15, 0.2) is 0 Å². The predicted octanol–water partition coefficient (Wildman–Crippen LogP) is 2.48. The number of methoxy groups -OCH3 is 1. The van der Waals surface area contributed by atoms with Crippen LogP contribution in [0.1, 0.15) is 10.4 Å². The van der Waals surface area contributed by atoms with E-state index in [1.165, 1.54) is 0 Å². The van der Waals surface area contributed by atoms with Gasteiger partial charge in [-0.1, -0.05) is 12.1 Å². The highest BCUT2D eigenvalue weighted by Gasteiger charge is 2.21. The first-order valence-electron chi connectivity index (χ1n) is 7.28. The molecule has 1 aliphatic heterocycles. The summed E-state index contributed by atoms with van der Waals surface area (Å²) >= 11 is 0. The van der Waals surface area contributed by atoms with Gasteiger partial charge in [0.2, 0.25) is 0 Å². The first-order chi connectivity index (χ1) is 11.2. The zero-order chi connectivity index (χ0) is 16.2. The maximum Gasteiger partial charge on any atom is 0.321 e. The Morgan fingerprint density at radius 3 is 2.78 bits per heavy atom. The molecule has 118 valence electrons. The Morgan fingerprint density at radius 1 is 1.22 bits per heavy atom. The van der Waals surface area contributed by atoms with Crippen molar-refractivity contribution in [1.82, 2.24) is 5.32 Å². The summed E-state index contributed by atoms with van der Waals surface area (Å²) in [5.41, 5.74) is 1.90. The highest BCUT2D eigenvalue weighted by Crippen LogP contribution is 2.22. The molecule has 0 bridgehead atoms. The van der Waals surface area contributed by atoms with Crippen molar-refractivity contribution in [2.45, 2.75) is 0 Å². The van der Waals surface area contributed by atoms with Gasteiger partial charge in [0.1, 0.15) is 5.75 Å². The van der Waals surface area contributed by atoms with Crippen molar-refractivity contribution in [2.24, 2.45) is 0 Å². The van der Waals surface area contributed by atoms with Crippen LogP contribution >= 0.6 is 0 Å².